The van der Waals surface area contributed by atoms with E-state index in [1.54, 1.807) is 0 Å². The Hall–Kier alpha value is -1.98. The summed E-state index contributed by atoms with van der Waals surface area (Å²) in [7, 11) is 0. The molecule has 0 bridgehead atoms. The van der Waals surface area contributed by atoms with Crippen molar-refractivity contribution in [1.82, 2.24) is 10.2 Å². The predicted octanol–water partition coefficient (Wildman–Crippen LogP) is 6.48. The van der Waals surface area contributed by atoms with Crippen molar-refractivity contribution in [3.8, 4) is 0 Å². The van der Waals surface area contributed by atoms with E-state index in [1.807, 2.05) is 6.21 Å². The second-order valence-electron chi connectivity index (χ2n) is 13.7. The zero-order chi connectivity index (χ0) is 26.5. The molecule has 1 amide bonds. The van der Waals surface area contributed by atoms with Crippen molar-refractivity contribution in [3.05, 3.63) is 47.0 Å². The van der Waals surface area contributed by atoms with E-state index < -0.39 is 0 Å². The lowest BCUT2D eigenvalue weighted by molar-refractivity contribution is -0.141. The number of allylic oxidation sites excluding steroid dienone is 1. The van der Waals surface area contributed by atoms with Gasteiger partial charge in [0, 0.05) is 31.3 Å². The Balaban J connectivity index is 1.09. The van der Waals surface area contributed by atoms with Crippen LogP contribution in [0.3, 0.4) is 0 Å². The average Bonchev–Trinajstić information content (AvgIpc) is 3.36. The van der Waals surface area contributed by atoms with Gasteiger partial charge in [0.05, 0.1) is 17.7 Å². The molecule has 0 radical (unpaired) electrons. The minimum absolute atomic E-state index is 0.0850. The summed E-state index contributed by atoms with van der Waals surface area (Å²) in [5.41, 5.74) is 4.68. The highest BCUT2D eigenvalue weighted by molar-refractivity contribution is 5.80. The molecule has 4 unspecified atom stereocenters. The van der Waals surface area contributed by atoms with Crippen LogP contribution in [-0.4, -0.2) is 48.4 Å². The third-order valence-electron chi connectivity index (χ3n) is 11.5. The van der Waals surface area contributed by atoms with E-state index in [4.69, 9.17) is 9.73 Å². The summed E-state index contributed by atoms with van der Waals surface area (Å²) in [5, 5.41) is 4.05. The van der Waals surface area contributed by atoms with Crippen LogP contribution in [0.15, 0.2) is 35.3 Å². The molecule has 3 aliphatic heterocycles. The van der Waals surface area contributed by atoms with Crippen LogP contribution in [0.5, 0.6) is 0 Å². The minimum Gasteiger partial charge on any atom is -0.375 e. The quantitative estimate of drug-likeness (QED) is 0.459. The molecule has 5 nitrogen and oxygen atoms in total. The number of aliphatic imine (C=N–C) groups is 1. The predicted molar refractivity (Wildman–Crippen MR) is 156 cm³/mol. The molecule has 5 atom stereocenters. The van der Waals surface area contributed by atoms with Gasteiger partial charge in [0.2, 0.25) is 5.91 Å². The summed E-state index contributed by atoms with van der Waals surface area (Å²) >= 11 is 0. The third-order valence-corrected chi connectivity index (χ3v) is 11.5. The molecule has 39 heavy (non-hydrogen) atoms. The maximum Gasteiger partial charge on any atom is 0.226 e. The number of rotatable bonds is 6. The second-order valence-corrected chi connectivity index (χ2v) is 13.7. The van der Waals surface area contributed by atoms with Crippen molar-refractivity contribution in [1.29, 1.82) is 0 Å². The van der Waals surface area contributed by atoms with E-state index in [0.29, 0.717) is 23.9 Å². The zero-order valence-electron chi connectivity index (χ0n) is 23.9. The van der Waals surface area contributed by atoms with E-state index in [9.17, 15) is 4.79 Å². The van der Waals surface area contributed by atoms with Crippen molar-refractivity contribution < 1.29 is 9.53 Å². The van der Waals surface area contributed by atoms with E-state index >= 15 is 0 Å². The molecule has 3 heterocycles. The fourth-order valence-electron chi connectivity index (χ4n) is 9.28. The van der Waals surface area contributed by atoms with Gasteiger partial charge in [-0.15, -0.1) is 0 Å². The summed E-state index contributed by atoms with van der Waals surface area (Å²) in [6.45, 7) is 5.15. The number of amides is 1. The Morgan fingerprint density at radius 1 is 1.13 bits per heavy atom. The highest BCUT2D eigenvalue weighted by atomic mass is 16.5. The lowest BCUT2D eigenvalue weighted by atomic mass is 9.62. The van der Waals surface area contributed by atoms with E-state index in [1.165, 1.54) is 48.8 Å². The van der Waals surface area contributed by atoms with Crippen LogP contribution in [0.2, 0.25) is 0 Å². The first-order valence-corrected chi connectivity index (χ1v) is 16.1. The minimum atomic E-state index is 0.0850. The van der Waals surface area contributed by atoms with Gasteiger partial charge in [0.25, 0.3) is 0 Å². The van der Waals surface area contributed by atoms with Gasteiger partial charge in [0.15, 0.2) is 0 Å². The number of nitrogens with one attached hydrogen (secondary N) is 1. The number of carbonyl (C=O) groups is 1. The maximum atomic E-state index is 13.3. The number of benzene rings is 1. The Morgan fingerprint density at radius 3 is 2.79 bits per heavy atom. The normalized spacial score (nSPS) is 35.2. The number of dihydropyridines is 1. The molecule has 210 valence electrons. The molecule has 7 rings (SSSR count). The number of ether oxygens (including phenoxy) is 1. The van der Waals surface area contributed by atoms with Crippen molar-refractivity contribution in [2.45, 2.75) is 114 Å². The monoisotopic (exact) mass is 529 g/mol. The van der Waals surface area contributed by atoms with Crippen molar-refractivity contribution in [3.63, 3.8) is 0 Å². The first-order chi connectivity index (χ1) is 19.1. The smallest absolute Gasteiger partial charge is 0.226 e. The van der Waals surface area contributed by atoms with Crippen molar-refractivity contribution in [2.24, 2.45) is 22.2 Å². The molecule has 0 aromatic heterocycles. The Kier molecular flexibility index (Phi) is 6.95. The summed E-state index contributed by atoms with van der Waals surface area (Å²) in [6, 6.07) is 7.91. The second kappa shape index (κ2) is 10.4. The van der Waals surface area contributed by atoms with E-state index in [-0.39, 0.29) is 23.0 Å². The van der Waals surface area contributed by atoms with Gasteiger partial charge in [-0.3, -0.25) is 9.79 Å². The van der Waals surface area contributed by atoms with Gasteiger partial charge < -0.3 is 15.0 Å². The van der Waals surface area contributed by atoms with Crippen LogP contribution in [0.1, 0.15) is 113 Å². The number of carbonyl (C=O) groups excluding carboxylic acids is 1. The summed E-state index contributed by atoms with van der Waals surface area (Å²) < 4.78 is 6.53. The molecular formula is C34H47N3O2. The lowest BCUT2D eigenvalue weighted by Crippen LogP contribution is -2.51. The van der Waals surface area contributed by atoms with Crippen LogP contribution in [-0.2, 0) is 16.0 Å². The molecule has 2 saturated carbocycles. The SMILES string of the molecule is CC1C=CC=NC1[C@]1(CCNC2CCC3c4c(cccc42)CCN3C(=O)C2CCC2)CCOC2(CCCC2)C1. The fraction of sp³-hybridized carbons (Fsp3) is 0.706. The molecule has 6 aliphatic rings. The molecule has 5 heteroatoms. The molecule has 3 aliphatic carbocycles. The average molecular weight is 530 g/mol. The number of hydrogen-bond acceptors (Lipinski definition) is 4. The van der Waals surface area contributed by atoms with Gasteiger partial charge in [-0.1, -0.05) is 50.5 Å². The molecule has 1 saturated heterocycles. The molecule has 1 aromatic carbocycles. The van der Waals surface area contributed by atoms with Gasteiger partial charge in [0.1, 0.15) is 0 Å². The Bertz CT molecular complexity index is 1130. The van der Waals surface area contributed by atoms with Crippen LogP contribution in [0.25, 0.3) is 0 Å². The standard InChI is InChI=1S/C34H47N3O2/c1-24-7-6-19-36-31(24)33(18-22-39-34(23-33)15-2-3-16-34)17-20-35-28-12-13-29-30-25(8-5-11-27(28)30)14-21-37(29)32(38)26-9-4-10-26/h5-8,11,19,24,26,28-29,31,35H,2-4,9-10,12-18,20-23H2,1H3/t24?,28?,29?,31?,33-/m1/s1. The van der Waals surface area contributed by atoms with Gasteiger partial charge >= 0.3 is 0 Å². The van der Waals surface area contributed by atoms with E-state index in [0.717, 1.165) is 71.1 Å². The van der Waals surface area contributed by atoms with Crippen LogP contribution < -0.4 is 5.32 Å². The molecular weight excluding hydrogens is 482 g/mol. The van der Waals surface area contributed by atoms with Crippen molar-refractivity contribution >= 4 is 12.1 Å². The summed E-state index contributed by atoms with van der Waals surface area (Å²) in [6.07, 6.45) is 21.6. The van der Waals surface area contributed by atoms with Crippen LogP contribution >= 0.6 is 0 Å². The molecule has 3 fully saturated rings. The third kappa shape index (κ3) is 4.62. The lowest BCUT2D eigenvalue weighted by Gasteiger charge is -2.51. The van der Waals surface area contributed by atoms with E-state index in [2.05, 4.69) is 47.5 Å². The van der Waals surface area contributed by atoms with Gasteiger partial charge in [-0.05, 0) is 105 Å². The Labute approximate surface area is 234 Å². The number of hydrogen-bond donors (Lipinski definition) is 1. The topological polar surface area (TPSA) is 53.9 Å². The summed E-state index contributed by atoms with van der Waals surface area (Å²) in [5.74, 6) is 1.19. The largest absolute Gasteiger partial charge is 0.375 e. The zero-order valence-corrected chi connectivity index (χ0v) is 23.9. The number of nitrogens with zero attached hydrogens (tertiary/aromatic N) is 2. The molecule has 1 aromatic rings. The maximum absolute atomic E-state index is 13.3. The highest BCUT2D eigenvalue weighted by Crippen LogP contribution is 2.53. The fourth-order valence-corrected chi connectivity index (χ4v) is 9.28. The molecule has 1 spiro atoms. The molecule has 1 N–H and O–H groups in total. The van der Waals surface area contributed by atoms with Gasteiger partial charge in [-0.2, -0.15) is 0 Å². The first kappa shape index (κ1) is 26.0. The van der Waals surface area contributed by atoms with Crippen LogP contribution in [0, 0.1) is 17.3 Å². The highest BCUT2D eigenvalue weighted by Gasteiger charge is 2.51. The van der Waals surface area contributed by atoms with Crippen molar-refractivity contribution in [2.75, 3.05) is 19.7 Å². The van der Waals surface area contributed by atoms with Gasteiger partial charge in [-0.25, -0.2) is 0 Å². The Morgan fingerprint density at radius 2 is 2.00 bits per heavy atom. The first-order valence-electron chi connectivity index (χ1n) is 16.1. The summed E-state index contributed by atoms with van der Waals surface area (Å²) in [4.78, 5) is 20.7. The van der Waals surface area contributed by atoms with Crippen LogP contribution in [0.4, 0.5) is 0 Å².